The summed E-state index contributed by atoms with van der Waals surface area (Å²) in [4.78, 5) is 2.33. The van der Waals surface area contributed by atoms with E-state index in [1.807, 2.05) is 24.3 Å². The third kappa shape index (κ3) is 4.51. The predicted octanol–water partition coefficient (Wildman–Crippen LogP) is 13.3. The highest BCUT2D eigenvalue weighted by molar-refractivity contribution is 6.09. The molecule has 2 heterocycles. The second-order valence-electron chi connectivity index (χ2n) is 12.5. The SMILES string of the molecule is c1ccc(-c2ccc(N(c3ccc4c(c3)oc3ccccc34)c3ccc4ccc5c(c4c3)-c3ccccc3Oc3ccccc3-5)cc2)cc1. The van der Waals surface area contributed by atoms with Gasteiger partial charge >= 0.3 is 0 Å². The number of rotatable bonds is 4. The van der Waals surface area contributed by atoms with Crippen LogP contribution in [0.15, 0.2) is 180 Å². The van der Waals surface area contributed by atoms with Crippen molar-refractivity contribution < 1.29 is 9.15 Å². The standard InChI is InChI=1S/C46H29NO2/c1-2-10-30(11-3-1)31-18-22-33(23-19-31)47(35-25-27-38-36-12-4-7-15-42(36)49-45(38)29-35)34-24-20-32-21-26-39-37-13-5-8-16-43(37)48-44-17-9-6-14-40(44)46(39)41(32)28-34/h1-29H. The van der Waals surface area contributed by atoms with Crippen LogP contribution in [0.25, 0.3) is 66.1 Å². The van der Waals surface area contributed by atoms with Crippen molar-refractivity contribution in [3.05, 3.63) is 176 Å². The van der Waals surface area contributed by atoms with Crippen molar-refractivity contribution in [1.82, 2.24) is 0 Å². The predicted molar refractivity (Wildman–Crippen MR) is 202 cm³/mol. The van der Waals surface area contributed by atoms with Gasteiger partial charge in [-0.05, 0) is 82.1 Å². The monoisotopic (exact) mass is 627 g/mol. The highest BCUT2D eigenvalue weighted by Crippen LogP contribution is 2.50. The molecule has 0 saturated carbocycles. The van der Waals surface area contributed by atoms with Gasteiger partial charge in [-0.1, -0.05) is 115 Å². The number of hydrogen-bond donors (Lipinski definition) is 0. The Morgan fingerprint density at radius 2 is 0.980 bits per heavy atom. The first-order valence-corrected chi connectivity index (χ1v) is 16.6. The topological polar surface area (TPSA) is 25.6 Å². The molecule has 9 aromatic rings. The molecule has 0 N–H and O–H groups in total. The number of para-hydroxylation sites is 3. The van der Waals surface area contributed by atoms with Gasteiger partial charge < -0.3 is 14.1 Å². The van der Waals surface area contributed by atoms with E-state index < -0.39 is 0 Å². The first-order chi connectivity index (χ1) is 24.3. The summed E-state index contributed by atoms with van der Waals surface area (Å²) in [6, 6.07) is 62.0. The summed E-state index contributed by atoms with van der Waals surface area (Å²) in [5.41, 5.74) is 11.8. The number of benzene rings is 8. The maximum absolute atomic E-state index is 6.54. The molecule has 0 spiro atoms. The molecule has 0 saturated heterocycles. The quantitative estimate of drug-likeness (QED) is 0.194. The van der Waals surface area contributed by atoms with Gasteiger partial charge in [-0.25, -0.2) is 0 Å². The highest BCUT2D eigenvalue weighted by atomic mass is 16.5. The molecule has 1 aromatic heterocycles. The molecule has 0 unspecified atom stereocenters. The molecule has 0 fully saturated rings. The van der Waals surface area contributed by atoms with Crippen LogP contribution in [0.2, 0.25) is 0 Å². The number of fused-ring (bicyclic) bond motifs is 10. The number of nitrogens with zero attached hydrogens (tertiary/aromatic N) is 1. The van der Waals surface area contributed by atoms with Crippen molar-refractivity contribution in [2.24, 2.45) is 0 Å². The van der Waals surface area contributed by atoms with Crippen molar-refractivity contribution >= 4 is 49.8 Å². The van der Waals surface area contributed by atoms with Crippen LogP contribution in [0.5, 0.6) is 11.5 Å². The lowest BCUT2D eigenvalue weighted by atomic mass is 9.89. The molecule has 230 valence electrons. The molecular weight excluding hydrogens is 599 g/mol. The van der Waals surface area contributed by atoms with Gasteiger partial charge in [0.25, 0.3) is 0 Å². The van der Waals surface area contributed by atoms with E-state index in [9.17, 15) is 0 Å². The molecular formula is C46H29NO2. The van der Waals surface area contributed by atoms with Gasteiger partial charge in [0.15, 0.2) is 0 Å². The zero-order chi connectivity index (χ0) is 32.3. The van der Waals surface area contributed by atoms with E-state index in [0.29, 0.717) is 0 Å². The lowest BCUT2D eigenvalue weighted by molar-refractivity contribution is 0.488. The van der Waals surface area contributed by atoms with Crippen LogP contribution in [-0.4, -0.2) is 0 Å². The van der Waals surface area contributed by atoms with Gasteiger partial charge in [-0.2, -0.15) is 0 Å². The molecule has 0 atom stereocenters. The molecule has 0 aliphatic carbocycles. The van der Waals surface area contributed by atoms with Crippen molar-refractivity contribution in [2.45, 2.75) is 0 Å². The van der Waals surface area contributed by atoms with Crippen molar-refractivity contribution in [2.75, 3.05) is 4.90 Å². The Balaban J connectivity index is 1.21. The van der Waals surface area contributed by atoms with Crippen LogP contribution in [0, 0.1) is 0 Å². The van der Waals surface area contributed by atoms with Gasteiger partial charge in [0.05, 0.1) is 0 Å². The molecule has 10 rings (SSSR count). The number of hydrogen-bond acceptors (Lipinski definition) is 3. The van der Waals surface area contributed by atoms with E-state index in [1.165, 1.54) is 27.5 Å². The summed E-state index contributed by atoms with van der Waals surface area (Å²) in [5, 5.41) is 4.57. The van der Waals surface area contributed by atoms with Crippen LogP contribution in [0.4, 0.5) is 17.1 Å². The Hall–Kier alpha value is -6.58. The molecule has 49 heavy (non-hydrogen) atoms. The second-order valence-corrected chi connectivity index (χ2v) is 12.5. The number of furan rings is 1. The van der Waals surface area contributed by atoms with E-state index in [2.05, 4.69) is 157 Å². The fraction of sp³-hybridized carbons (Fsp3) is 0. The van der Waals surface area contributed by atoms with Gasteiger partial charge in [-0.15, -0.1) is 0 Å². The van der Waals surface area contributed by atoms with E-state index >= 15 is 0 Å². The lowest BCUT2D eigenvalue weighted by Gasteiger charge is -2.26. The summed E-state index contributed by atoms with van der Waals surface area (Å²) >= 11 is 0. The molecule has 1 aliphatic rings. The fourth-order valence-electron chi connectivity index (χ4n) is 7.35. The van der Waals surface area contributed by atoms with Crippen LogP contribution in [0.3, 0.4) is 0 Å². The molecule has 1 aliphatic heterocycles. The fourth-order valence-corrected chi connectivity index (χ4v) is 7.35. The third-order valence-corrected chi connectivity index (χ3v) is 9.67. The van der Waals surface area contributed by atoms with Crippen molar-refractivity contribution in [1.29, 1.82) is 0 Å². The van der Waals surface area contributed by atoms with Crippen LogP contribution >= 0.6 is 0 Å². The summed E-state index contributed by atoms with van der Waals surface area (Å²) in [6.45, 7) is 0. The van der Waals surface area contributed by atoms with E-state index in [-0.39, 0.29) is 0 Å². The minimum absolute atomic E-state index is 0.857. The average Bonchev–Trinajstić information content (AvgIpc) is 3.46. The Morgan fingerprint density at radius 3 is 1.84 bits per heavy atom. The molecule has 8 aromatic carbocycles. The third-order valence-electron chi connectivity index (χ3n) is 9.67. The second kappa shape index (κ2) is 11.0. The zero-order valence-corrected chi connectivity index (χ0v) is 26.5. The van der Waals surface area contributed by atoms with Crippen LogP contribution in [0.1, 0.15) is 0 Å². The van der Waals surface area contributed by atoms with Gasteiger partial charge in [0.2, 0.25) is 0 Å². The minimum Gasteiger partial charge on any atom is -0.456 e. The van der Waals surface area contributed by atoms with Gasteiger partial charge in [-0.3, -0.25) is 0 Å². The molecule has 0 amide bonds. The Kier molecular flexibility index (Phi) is 6.18. The largest absolute Gasteiger partial charge is 0.456 e. The Bertz CT molecular complexity index is 2690. The maximum atomic E-state index is 6.54. The van der Waals surface area contributed by atoms with Crippen molar-refractivity contribution in [3.63, 3.8) is 0 Å². The summed E-state index contributed by atoms with van der Waals surface area (Å²) in [5.74, 6) is 1.72. The van der Waals surface area contributed by atoms with Gasteiger partial charge in [0, 0.05) is 50.6 Å². The number of ether oxygens (including phenoxy) is 1. The normalized spacial score (nSPS) is 11.8. The molecule has 3 heteroatoms. The first-order valence-electron chi connectivity index (χ1n) is 16.6. The highest BCUT2D eigenvalue weighted by Gasteiger charge is 2.23. The zero-order valence-electron chi connectivity index (χ0n) is 26.5. The van der Waals surface area contributed by atoms with E-state index in [1.54, 1.807) is 0 Å². The van der Waals surface area contributed by atoms with Crippen LogP contribution in [-0.2, 0) is 0 Å². The lowest BCUT2D eigenvalue weighted by Crippen LogP contribution is -2.10. The van der Waals surface area contributed by atoms with Crippen molar-refractivity contribution in [3.8, 4) is 44.9 Å². The van der Waals surface area contributed by atoms with E-state index in [0.717, 1.165) is 67.2 Å². The summed E-state index contributed by atoms with van der Waals surface area (Å²) in [6.07, 6.45) is 0. The minimum atomic E-state index is 0.857. The summed E-state index contributed by atoms with van der Waals surface area (Å²) < 4.78 is 12.9. The van der Waals surface area contributed by atoms with E-state index in [4.69, 9.17) is 9.15 Å². The average molecular weight is 628 g/mol. The van der Waals surface area contributed by atoms with Gasteiger partial charge in [0.1, 0.15) is 22.7 Å². The number of anilines is 3. The summed E-state index contributed by atoms with van der Waals surface area (Å²) in [7, 11) is 0. The molecule has 0 bridgehead atoms. The molecule has 3 nitrogen and oxygen atoms in total. The first kappa shape index (κ1) is 27.5. The Labute approximate surface area is 283 Å². The maximum Gasteiger partial charge on any atom is 0.137 e. The molecule has 0 radical (unpaired) electrons. The smallest absolute Gasteiger partial charge is 0.137 e. The Morgan fingerprint density at radius 1 is 0.367 bits per heavy atom. The van der Waals surface area contributed by atoms with Crippen LogP contribution < -0.4 is 9.64 Å².